The molecule has 0 fully saturated rings. The van der Waals surface area contributed by atoms with Crippen LogP contribution < -0.4 is 0 Å². The standard InChI is InChI=1S/C9H6ClN3O3/c1-5-11-9(16-12-5)6-2-3-7(10)8(4-6)13(14)15/h2-4H,1H3. The second-order valence-electron chi connectivity index (χ2n) is 3.07. The summed E-state index contributed by atoms with van der Waals surface area (Å²) in [7, 11) is 0. The van der Waals surface area contributed by atoms with Crippen molar-refractivity contribution in [3.8, 4) is 11.5 Å². The summed E-state index contributed by atoms with van der Waals surface area (Å²) in [5.74, 6) is 0.699. The van der Waals surface area contributed by atoms with Crippen molar-refractivity contribution < 1.29 is 9.45 Å². The maximum atomic E-state index is 10.7. The van der Waals surface area contributed by atoms with Crippen LogP contribution in [-0.2, 0) is 0 Å². The number of nitrogens with zero attached hydrogens (tertiary/aromatic N) is 3. The fourth-order valence-electron chi connectivity index (χ4n) is 1.20. The van der Waals surface area contributed by atoms with E-state index in [0.29, 0.717) is 11.4 Å². The summed E-state index contributed by atoms with van der Waals surface area (Å²) in [6, 6.07) is 4.31. The fraction of sp³-hybridized carbons (Fsp3) is 0.111. The Balaban J connectivity index is 2.51. The lowest BCUT2D eigenvalue weighted by Gasteiger charge is -1.97. The Labute approximate surface area is 95.0 Å². The van der Waals surface area contributed by atoms with Gasteiger partial charge in [0, 0.05) is 11.6 Å². The third-order valence-corrected chi connectivity index (χ3v) is 2.24. The molecule has 0 aliphatic rings. The van der Waals surface area contributed by atoms with E-state index < -0.39 is 4.92 Å². The summed E-state index contributed by atoms with van der Waals surface area (Å²) in [6.07, 6.45) is 0. The van der Waals surface area contributed by atoms with Crippen molar-refractivity contribution in [1.29, 1.82) is 0 Å². The van der Waals surface area contributed by atoms with E-state index in [1.54, 1.807) is 13.0 Å². The van der Waals surface area contributed by atoms with Gasteiger partial charge in [-0.15, -0.1) is 0 Å². The first kappa shape index (κ1) is 10.6. The molecule has 6 nitrogen and oxygen atoms in total. The molecule has 0 unspecified atom stereocenters. The van der Waals surface area contributed by atoms with Crippen LogP contribution in [0.15, 0.2) is 22.7 Å². The second kappa shape index (κ2) is 3.90. The lowest BCUT2D eigenvalue weighted by atomic mass is 10.2. The summed E-state index contributed by atoms with van der Waals surface area (Å²) in [5, 5.41) is 14.3. The van der Waals surface area contributed by atoms with E-state index in [-0.39, 0.29) is 16.6 Å². The number of benzene rings is 1. The van der Waals surface area contributed by atoms with Gasteiger partial charge in [0.05, 0.1) is 4.92 Å². The molecule has 2 aromatic rings. The quantitative estimate of drug-likeness (QED) is 0.594. The third-order valence-electron chi connectivity index (χ3n) is 1.92. The highest BCUT2D eigenvalue weighted by Crippen LogP contribution is 2.29. The zero-order valence-electron chi connectivity index (χ0n) is 8.18. The third kappa shape index (κ3) is 1.87. The molecule has 0 aliphatic heterocycles. The summed E-state index contributed by atoms with van der Waals surface area (Å²) in [6.45, 7) is 1.66. The average molecular weight is 240 g/mol. The van der Waals surface area contributed by atoms with Crippen LogP contribution in [0.5, 0.6) is 0 Å². The molecule has 0 radical (unpaired) electrons. The average Bonchev–Trinajstić information content (AvgIpc) is 2.65. The maximum Gasteiger partial charge on any atom is 0.288 e. The molecule has 0 saturated carbocycles. The molecular formula is C9H6ClN3O3. The molecule has 1 aromatic heterocycles. The van der Waals surface area contributed by atoms with Gasteiger partial charge in [-0.05, 0) is 19.1 Å². The fourth-order valence-corrected chi connectivity index (χ4v) is 1.39. The largest absolute Gasteiger partial charge is 0.334 e. The predicted octanol–water partition coefficient (Wildman–Crippen LogP) is 2.61. The molecule has 2 rings (SSSR count). The van der Waals surface area contributed by atoms with Crippen LogP contribution in [-0.4, -0.2) is 15.1 Å². The van der Waals surface area contributed by atoms with Gasteiger partial charge < -0.3 is 4.52 Å². The Kier molecular flexibility index (Phi) is 2.57. The summed E-state index contributed by atoms with van der Waals surface area (Å²) in [4.78, 5) is 14.1. The van der Waals surface area contributed by atoms with E-state index in [1.165, 1.54) is 12.1 Å². The van der Waals surface area contributed by atoms with Crippen molar-refractivity contribution in [2.45, 2.75) is 6.92 Å². The zero-order valence-corrected chi connectivity index (χ0v) is 8.93. The molecule has 0 N–H and O–H groups in total. The molecular weight excluding hydrogens is 234 g/mol. The molecule has 1 heterocycles. The molecule has 16 heavy (non-hydrogen) atoms. The molecule has 82 valence electrons. The van der Waals surface area contributed by atoms with Crippen molar-refractivity contribution >= 4 is 17.3 Å². The van der Waals surface area contributed by atoms with Crippen LogP contribution in [0.3, 0.4) is 0 Å². The summed E-state index contributed by atoms with van der Waals surface area (Å²) < 4.78 is 4.90. The van der Waals surface area contributed by atoms with Crippen LogP contribution in [0, 0.1) is 17.0 Å². The number of halogens is 1. The smallest absolute Gasteiger partial charge is 0.288 e. The van der Waals surface area contributed by atoms with Gasteiger partial charge >= 0.3 is 0 Å². The number of hydrogen-bond donors (Lipinski definition) is 0. The maximum absolute atomic E-state index is 10.7. The van der Waals surface area contributed by atoms with Crippen molar-refractivity contribution in [3.63, 3.8) is 0 Å². The van der Waals surface area contributed by atoms with Crippen LogP contribution in [0.1, 0.15) is 5.82 Å². The summed E-state index contributed by atoms with van der Waals surface area (Å²) >= 11 is 5.68. The van der Waals surface area contributed by atoms with Crippen molar-refractivity contribution in [2.24, 2.45) is 0 Å². The minimum absolute atomic E-state index is 0.0741. The second-order valence-corrected chi connectivity index (χ2v) is 3.48. The molecule has 0 saturated heterocycles. The Bertz CT molecular complexity index is 553. The number of rotatable bonds is 2. The Morgan fingerprint density at radius 2 is 2.25 bits per heavy atom. The zero-order chi connectivity index (χ0) is 11.7. The number of hydrogen-bond acceptors (Lipinski definition) is 5. The molecule has 1 aromatic carbocycles. The monoisotopic (exact) mass is 239 g/mol. The molecule has 0 bridgehead atoms. The highest BCUT2D eigenvalue weighted by Gasteiger charge is 2.16. The van der Waals surface area contributed by atoms with E-state index >= 15 is 0 Å². The van der Waals surface area contributed by atoms with Gasteiger partial charge in [0.1, 0.15) is 5.02 Å². The van der Waals surface area contributed by atoms with Gasteiger partial charge in [-0.1, -0.05) is 16.8 Å². The van der Waals surface area contributed by atoms with Gasteiger partial charge in [0.15, 0.2) is 5.82 Å². The van der Waals surface area contributed by atoms with E-state index in [4.69, 9.17) is 16.1 Å². The Hall–Kier alpha value is -1.95. The first-order valence-corrected chi connectivity index (χ1v) is 4.70. The molecule has 0 amide bonds. The van der Waals surface area contributed by atoms with E-state index in [1.807, 2.05) is 0 Å². The number of nitro benzene ring substituents is 1. The molecule has 7 heteroatoms. The van der Waals surface area contributed by atoms with Crippen LogP contribution >= 0.6 is 11.6 Å². The van der Waals surface area contributed by atoms with Gasteiger partial charge in [-0.3, -0.25) is 10.1 Å². The van der Waals surface area contributed by atoms with Crippen LogP contribution in [0.2, 0.25) is 5.02 Å². The van der Waals surface area contributed by atoms with Crippen LogP contribution in [0.4, 0.5) is 5.69 Å². The van der Waals surface area contributed by atoms with Gasteiger partial charge in [0.2, 0.25) is 0 Å². The predicted molar refractivity (Wildman–Crippen MR) is 56.1 cm³/mol. The molecule has 0 spiro atoms. The lowest BCUT2D eigenvalue weighted by Crippen LogP contribution is -1.90. The van der Waals surface area contributed by atoms with Crippen molar-refractivity contribution in [2.75, 3.05) is 0 Å². The van der Waals surface area contributed by atoms with Crippen molar-refractivity contribution in [1.82, 2.24) is 10.1 Å². The number of nitro groups is 1. The van der Waals surface area contributed by atoms with E-state index in [2.05, 4.69) is 10.1 Å². The van der Waals surface area contributed by atoms with Crippen molar-refractivity contribution in [3.05, 3.63) is 39.2 Å². The molecule has 0 aliphatic carbocycles. The van der Waals surface area contributed by atoms with E-state index in [9.17, 15) is 10.1 Å². The highest BCUT2D eigenvalue weighted by atomic mass is 35.5. The Morgan fingerprint density at radius 1 is 1.50 bits per heavy atom. The summed E-state index contributed by atoms with van der Waals surface area (Å²) in [5.41, 5.74) is 0.284. The lowest BCUT2D eigenvalue weighted by molar-refractivity contribution is -0.384. The SMILES string of the molecule is Cc1noc(-c2ccc(Cl)c([N+](=O)[O-])c2)n1. The first-order chi connectivity index (χ1) is 7.58. The Morgan fingerprint density at radius 3 is 2.81 bits per heavy atom. The van der Waals surface area contributed by atoms with Gasteiger partial charge in [-0.25, -0.2) is 0 Å². The highest BCUT2D eigenvalue weighted by molar-refractivity contribution is 6.32. The van der Waals surface area contributed by atoms with Gasteiger partial charge in [0.25, 0.3) is 11.6 Å². The number of aryl methyl sites for hydroxylation is 1. The molecule has 0 atom stereocenters. The van der Waals surface area contributed by atoms with E-state index in [0.717, 1.165) is 0 Å². The van der Waals surface area contributed by atoms with Gasteiger partial charge in [-0.2, -0.15) is 4.98 Å². The topological polar surface area (TPSA) is 82.1 Å². The normalized spacial score (nSPS) is 10.4. The first-order valence-electron chi connectivity index (χ1n) is 4.32. The minimum atomic E-state index is -0.560. The minimum Gasteiger partial charge on any atom is -0.334 e. The number of aromatic nitrogens is 2. The van der Waals surface area contributed by atoms with Crippen LogP contribution in [0.25, 0.3) is 11.5 Å².